The van der Waals surface area contributed by atoms with Crippen LogP contribution in [0, 0.1) is 0 Å². The summed E-state index contributed by atoms with van der Waals surface area (Å²) in [6, 6.07) is 7.81. The van der Waals surface area contributed by atoms with E-state index < -0.39 is 0 Å². The van der Waals surface area contributed by atoms with Gasteiger partial charge in [0.05, 0.1) is 6.54 Å². The second-order valence-corrected chi connectivity index (χ2v) is 6.92. The highest BCUT2D eigenvalue weighted by molar-refractivity contribution is 5.78. The Bertz CT molecular complexity index is 538. The minimum Gasteiger partial charge on any atom is -0.508 e. The lowest BCUT2D eigenvalue weighted by Gasteiger charge is -2.39. The van der Waals surface area contributed by atoms with Gasteiger partial charge in [0, 0.05) is 44.5 Å². The normalized spacial score (nSPS) is 22.6. The van der Waals surface area contributed by atoms with E-state index in [1.54, 1.807) is 12.1 Å². The predicted molar refractivity (Wildman–Crippen MR) is 96.4 cm³/mol. The number of likely N-dealkylation sites (tertiary alicyclic amines) is 1. The van der Waals surface area contributed by atoms with Crippen molar-refractivity contribution in [2.45, 2.75) is 38.6 Å². The van der Waals surface area contributed by atoms with Crippen LogP contribution in [0.3, 0.4) is 0 Å². The van der Waals surface area contributed by atoms with Crippen LogP contribution >= 0.6 is 0 Å². The van der Waals surface area contributed by atoms with Crippen LogP contribution in [0.1, 0.15) is 32.6 Å². The number of aromatic hydroxyl groups is 1. The average Bonchev–Trinajstić information content (AvgIpc) is 2.63. The third kappa shape index (κ3) is 4.01. The molecule has 0 radical (unpaired) electrons. The molecule has 2 fully saturated rings. The molecule has 0 spiro atoms. The van der Waals surface area contributed by atoms with Crippen molar-refractivity contribution in [2.24, 2.45) is 0 Å². The van der Waals surface area contributed by atoms with Crippen LogP contribution in [0.4, 0.5) is 5.69 Å². The van der Waals surface area contributed by atoms with E-state index in [2.05, 4.69) is 21.6 Å². The van der Waals surface area contributed by atoms with Gasteiger partial charge in [-0.25, -0.2) is 0 Å². The molecule has 24 heavy (non-hydrogen) atoms. The summed E-state index contributed by atoms with van der Waals surface area (Å²) >= 11 is 0. The summed E-state index contributed by atoms with van der Waals surface area (Å²) in [5.41, 5.74) is 1.14. The summed E-state index contributed by atoms with van der Waals surface area (Å²) in [7, 11) is 0. The topological polar surface area (TPSA) is 47.0 Å². The summed E-state index contributed by atoms with van der Waals surface area (Å²) in [5.74, 6) is 0.606. The number of anilines is 1. The van der Waals surface area contributed by atoms with Crippen molar-refractivity contribution >= 4 is 11.6 Å². The van der Waals surface area contributed by atoms with Gasteiger partial charge in [0.2, 0.25) is 5.91 Å². The third-order valence-electron chi connectivity index (χ3n) is 5.36. The number of piperidine rings is 1. The van der Waals surface area contributed by atoms with Gasteiger partial charge in [-0.3, -0.25) is 9.69 Å². The van der Waals surface area contributed by atoms with E-state index in [1.807, 2.05) is 12.1 Å². The maximum atomic E-state index is 12.7. The van der Waals surface area contributed by atoms with Crippen LogP contribution in [-0.4, -0.2) is 66.1 Å². The molecule has 5 nitrogen and oxygen atoms in total. The molecule has 5 heteroatoms. The van der Waals surface area contributed by atoms with Crippen LogP contribution in [0.25, 0.3) is 0 Å². The van der Waals surface area contributed by atoms with Crippen molar-refractivity contribution in [1.82, 2.24) is 9.80 Å². The smallest absolute Gasteiger partial charge is 0.236 e. The van der Waals surface area contributed by atoms with Crippen LogP contribution < -0.4 is 4.90 Å². The summed E-state index contributed by atoms with van der Waals surface area (Å²) in [6.45, 7) is 7.36. The molecular formula is C19H29N3O2. The molecule has 132 valence electrons. The molecule has 1 N–H and O–H groups in total. The first-order valence-electron chi connectivity index (χ1n) is 9.23. The SMILES string of the molecule is CC[C@@H]1CCCCN1C(=O)CN1CCN(c2ccc(O)cc2)CC1. The van der Waals surface area contributed by atoms with Gasteiger partial charge >= 0.3 is 0 Å². The summed E-state index contributed by atoms with van der Waals surface area (Å²) in [4.78, 5) is 19.4. The Morgan fingerprint density at radius 3 is 2.46 bits per heavy atom. The fourth-order valence-corrected chi connectivity index (χ4v) is 3.86. The van der Waals surface area contributed by atoms with Crippen molar-refractivity contribution in [1.29, 1.82) is 0 Å². The van der Waals surface area contributed by atoms with Gasteiger partial charge < -0.3 is 14.9 Å². The number of hydrogen-bond donors (Lipinski definition) is 1. The first-order chi connectivity index (χ1) is 11.7. The maximum Gasteiger partial charge on any atom is 0.236 e. The zero-order valence-corrected chi connectivity index (χ0v) is 14.7. The number of carbonyl (C=O) groups excluding carboxylic acids is 1. The van der Waals surface area contributed by atoms with Crippen LogP contribution in [0.5, 0.6) is 5.75 Å². The second kappa shape index (κ2) is 7.88. The van der Waals surface area contributed by atoms with Crippen LogP contribution in [0.2, 0.25) is 0 Å². The largest absolute Gasteiger partial charge is 0.508 e. The van der Waals surface area contributed by atoms with E-state index in [-0.39, 0.29) is 0 Å². The molecular weight excluding hydrogens is 302 g/mol. The van der Waals surface area contributed by atoms with Crippen molar-refractivity contribution < 1.29 is 9.90 Å². The maximum absolute atomic E-state index is 12.7. The molecule has 2 aliphatic rings. The second-order valence-electron chi connectivity index (χ2n) is 6.92. The molecule has 0 unspecified atom stereocenters. The molecule has 1 amide bonds. The number of hydrogen-bond acceptors (Lipinski definition) is 4. The van der Waals surface area contributed by atoms with Gasteiger partial charge in [-0.1, -0.05) is 6.92 Å². The molecule has 0 aromatic heterocycles. The minimum atomic E-state index is 0.301. The molecule has 0 aliphatic carbocycles. The monoisotopic (exact) mass is 331 g/mol. The van der Waals surface area contributed by atoms with Gasteiger partial charge in [0.15, 0.2) is 0 Å². The molecule has 3 rings (SSSR count). The van der Waals surface area contributed by atoms with E-state index in [9.17, 15) is 9.90 Å². The highest BCUT2D eigenvalue weighted by Crippen LogP contribution is 2.21. The Kier molecular flexibility index (Phi) is 5.61. The molecule has 1 aromatic rings. The Balaban J connectivity index is 1.49. The van der Waals surface area contributed by atoms with Crippen molar-refractivity contribution in [3.05, 3.63) is 24.3 Å². The molecule has 0 bridgehead atoms. The zero-order chi connectivity index (χ0) is 16.9. The highest BCUT2D eigenvalue weighted by Gasteiger charge is 2.27. The van der Waals surface area contributed by atoms with E-state index in [4.69, 9.17) is 0 Å². The van der Waals surface area contributed by atoms with Gasteiger partial charge in [-0.05, 0) is 49.9 Å². The number of phenols is 1. The predicted octanol–water partition coefficient (Wildman–Crippen LogP) is 2.31. The first-order valence-corrected chi connectivity index (χ1v) is 9.23. The molecule has 2 saturated heterocycles. The Morgan fingerprint density at radius 2 is 1.79 bits per heavy atom. The number of piperazine rings is 1. The van der Waals surface area contributed by atoms with E-state index >= 15 is 0 Å². The summed E-state index contributed by atoms with van der Waals surface area (Å²) in [6.07, 6.45) is 4.64. The Labute approximate surface area is 144 Å². The number of carbonyl (C=O) groups is 1. The fourth-order valence-electron chi connectivity index (χ4n) is 3.86. The number of rotatable bonds is 4. The molecule has 1 atom stereocenters. The van der Waals surface area contributed by atoms with Gasteiger partial charge in [-0.2, -0.15) is 0 Å². The lowest BCUT2D eigenvalue weighted by Crippen LogP contribution is -2.52. The third-order valence-corrected chi connectivity index (χ3v) is 5.36. The number of benzene rings is 1. The van der Waals surface area contributed by atoms with Gasteiger partial charge in [-0.15, -0.1) is 0 Å². The van der Waals surface area contributed by atoms with Crippen LogP contribution in [-0.2, 0) is 4.79 Å². The Morgan fingerprint density at radius 1 is 1.08 bits per heavy atom. The van der Waals surface area contributed by atoms with E-state index in [0.717, 1.165) is 57.7 Å². The quantitative estimate of drug-likeness (QED) is 0.920. The number of amides is 1. The number of nitrogens with zero attached hydrogens (tertiary/aromatic N) is 3. The fraction of sp³-hybridized carbons (Fsp3) is 0.632. The lowest BCUT2D eigenvalue weighted by molar-refractivity contribution is -0.136. The standard InChI is InChI=1S/C19H29N3O2/c1-2-16-5-3-4-10-22(16)19(24)15-20-11-13-21(14-12-20)17-6-8-18(23)9-7-17/h6-9,16,23H,2-5,10-15H2,1H3/t16-/m1/s1. The van der Waals surface area contributed by atoms with Crippen molar-refractivity contribution in [2.75, 3.05) is 44.2 Å². The van der Waals surface area contributed by atoms with Gasteiger partial charge in [0.25, 0.3) is 0 Å². The molecule has 0 saturated carbocycles. The van der Waals surface area contributed by atoms with E-state index in [1.165, 1.54) is 6.42 Å². The minimum absolute atomic E-state index is 0.301. The number of phenolic OH excluding ortho intramolecular Hbond substituents is 1. The van der Waals surface area contributed by atoms with Crippen molar-refractivity contribution in [3.8, 4) is 5.75 Å². The summed E-state index contributed by atoms with van der Waals surface area (Å²) < 4.78 is 0. The first kappa shape index (κ1) is 17.1. The van der Waals surface area contributed by atoms with Crippen molar-refractivity contribution in [3.63, 3.8) is 0 Å². The molecule has 1 aromatic carbocycles. The average molecular weight is 331 g/mol. The lowest BCUT2D eigenvalue weighted by atomic mass is 10.00. The van der Waals surface area contributed by atoms with E-state index in [0.29, 0.717) is 24.2 Å². The molecule has 2 heterocycles. The molecule has 2 aliphatic heterocycles. The zero-order valence-electron chi connectivity index (χ0n) is 14.7. The Hall–Kier alpha value is -1.75. The van der Waals surface area contributed by atoms with Gasteiger partial charge in [0.1, 0.15) is 5.75 Å². The van der Waals surface area contributed by atoms with Crippen LogP contribution in [0.15, 0.2) is 24.3 Å². The summed E-state index contributed by atoms with van der Waals surface area (Å²) in [5, 5.41) is 9.39. The highest BCUT2D eigenvalue weighted by atomic mass is 16.3.